The Morgan fingerprint density at radius 2 is 2.08 bits per heavy atom. The first-order valence-electron chi connectivity index (χ1n) is 8.10. The largest absolute Gasteiger partial charge is 0.393 e. The molecule has 0 radical (unpaired) electrons. The molecule has 24 heavy (non-hydrogen) atoms. The number of carbonyl (C=O) groups is 1. The molecular weight excluding hydrogens is 308 g/mol. The van der Waals surface area contributed by atoms with Gasteiger partial charge in [-0.05, 0) is 25.7 Å². The maximum Gasteiger partial charge on any atom is 0.254 e. The number of nitrogens with one attached hydrogen (secondary N) is 2. The van der Waals surface area contributed by atoms with Crippen molar-refractivity contribution in [2.45, 2.75) is 31.9 Å². The molecule has 8 nitrogen and oxygen atoms in total. The first kappa shape index (κ1) is 16.4. The average Bonchev–Trinajstić information content (AvgIpc) is 2.97. The van der Waals surface area contributed by atoms with E-state index in [4.69, 9.17) is 0 Å². The van der Waals surface area contributed by atoms with Crippen LogP contribution in [0.5, 0.6) is 0 Å². The molecule has 0 bridgehead atoms. The molecule has 2 aromatic rings. The maximum absolute atomic E-state index is 12.5. The van der Waals surface area contributed by atoms with E-state index in [2.05, 4.69) is 25.7 Å². The number of hydrogen-bond acceptors (Lipinski definition) is 6. The summed E-state index contributed by atoms with van der Waals surface area (Å²) < 4.78 is 1.71. The van der Waals surface area contributed by atoms with Crippen molar-refractivity contribution in [3.05, 3.63) is 35.9 Å². The van der Waals surface area contributed by atoms with Gasteiger partial charge in [0.15, 0.2) is 0 Å². The minimum absolute atomic E-state index is 0.178. The number of aliphatic hydroxyl groups excluding tert-OH is 1. The number of aliphatic hydroxyl groups is 1. The van der Waals surface area contributed by atoms with Gasteiger partial charge in [0, 0.05) is 37.7 Å². The zero-order valence-electron chi connectivity index (χ0n) is 13.8. The molecule has 1 fully saturated rings. The van der Waals surface area contributed by atoms with E-state index in [0.29, 0.717) is 24.4 Å². The summed E-state index contributed by atoms with van der Waals surface area (Å²) in [5.74, 6) is 0.475. The third-order valence-electron chi connectivity index (χ3n) is 4.24. The predicted octanol–water partition coefficient (Wildman–Crippen LogP) is 0.884. The van der Waals surface area contributed by atoms with Gasteiger partial charge in [0.05, 0.1) is 23.9 Å². The van der Waals surface area contributed by atoms with Crippen LogP contribution in [0.15, 0.2) is 24.8 Å². The molecule has 1 atom stereocenters. The fourth-order valence-electron chi connectivity index (χ4n) is 2.90. The van der Waals surface area contributed by atoms with Gasteiger partial charge in [-0.25, -0.2) is 9.97 Å². The van der Waals surface area contributed by atoms with Gasteiger partial charge < -0.3 is 15.7 Å². The van der Waals surface area contributed by atoms with Crippen LogP contribution in [0.4, 0.5) is 5.95 Å². The van der Waals surface area contributed by atoms with Crippen LogP contribution in [-0.4, -0.2) is 43.4 Å². The Morgan fingerprint density at radius 3 is 2.62 bits per heavy atom. The predicted molar refractivity (Wildman–Crippen MR) is 88.3 cm³/mol. The Morgan fingerprint density at radius 1 is 1.38 bits per heavy atom. The minimum Gasteiger partial charge on any atom is -0.393 e. The van der Waals surface area contributed by atoms with Gasteiger partial charge in [0.2, 0.25) is 5.95 Å². The fourth-order valence-corrected chi connectivity index (χ4v) is 2.90. The summed E-state index contributed by atoms with van der Waals surface area (Å²) >= 11 is 0. The molecule has 0 aliphatic heterocycles. The van der Waals surface area contributed by atoms with Crippen molar-refractivity contribution in [1.82, 2.24) is 25.1 Å². The van der Waals surface area contributed by atoms with Gasteiger partial charge in [-0.15, -0.1) is 0 Å². The summed E-state index contributed by atoms with van der Waals surface area (Å²) in [7, 11) is 1.84. The first-order valence-corrected chi connectivity index (χ1v) is 8.10. The van der Waals surface area contributed by atoms with Crippen molar-refractivity contribution in [3.63, 3.8) is 0 Å². The number of anilines is 1. The molecule has 0 aromatic carbocycles. The van der Waals surface area contributed by atoms with Crippen LogP contribution >= 0.6 is 0 Å². The molecule has 1 saturated carbocycles. The molecule has 128 valence electrons. The SMILES string of the molecule is CCNc1ncc(C(=O)N[C@@H](c2cnn(C)c2)C2CC(O)C2)cn1. The topological polar surface area (TPSA) is 105 Å². The van der Waals surface area contributed by atoms with Crippen molar-refractivity contribution < 1.29 is 9.90 Å². The third-order valence-corrected chi connectivity index (χ3v) is 4.24. The van der Waals surface area contributed by atoms with Gasteiger partial charge >= 0.3 is 0 Å². The van der Waals surface area contributed by atoms with Crippen LogP contribution in [-0.2, 0) is 7.05 Å². The molecule has 3 rings (SSSR count). The highest BCUT2D eigenvalue weighted by atomic mass is 16.3. The van der Waals surface area contributed by atoms with Gasteiger partial charge in [-0.3, -0.25) is 9.48 Å². The van der Waals surface area contributed by atoms with Crippen molar-refractivity contribution in [2.24, 2.45) is 13.0 Å². The lowest BCUT2D eigenvalue weighted by atomic mass is 9.75. The highest BCUT2D eigenvalue weighted by molar-refractivity contribution is 5.94. The van der Waals surface area contributed by atoms with Gasteiger partial charge in [-0.2, -0.15) is 5.10 Å². The summed E-state index contributed by atoms with van der Waals surface area (Å²) in [4.78, 5) is 20.8. The number of amides is 1. The molecule has 0 spiro atoms. The van der Waals surface area contributed by atoms with Crippen LogP contribution in [0.3, 0.4) is 0 Å². The van der Waals surface area contributed by atoms with E-state index in [-0.39, 0.29) is 24.0 Å². The van der Waals surface area contributed by atoms with Gasteiger partial charge in [0.1, 0.15) is 0 Å². The summed E-state index contributed by atoms with van der Waals surface area (Å²) in [6.07, 6.45) is 7.73. The third kappa shape index (κ3) is 3.53. The van der Waals surface area contributed by atoms with E-state index in [1.54, 1.807) is 10.9 Å². The second kappa shape index (κ2) is 6.96. The molecule has 2 heterocycles. The molecular formula is C16H22N6O2. The van der Waals surface area contributed by atoms with Crippen LogP contribution in [0.1, 0.15) is 41.7 Å². The normalized spacial score (nSPS) is 21.0. The fraction of sp³-hybridized carbons (Fsp3) is 0.500. The second-order valence-corrected chi connectivity index (χ2v) is 6.11. The molecule has 8 heteroatoms. The Kier molecular flexibility index (Phi) is 4.75. The molecule has 0 saturated heterocycles. The quantitative estimate of drug-likeness (QED) is 0.726. The minimum atomic E-state index is -0.284. The smallest absolute Gasteiger partial charge is 0.254 e. The lowest BCUT2D eigenvalue weighted by Gasteiger charge is -2.37. The number of aryl methyl sites for hydroxylation is 1. The number of aromatic nitrogens is 4. The Balaban J connectivity index is 1.73. The highest BCUT2D eigenvalue weighted by Gasteiger charge is 2.36. The highest BCUT2D eigenvalue weighted by Crippen LogP contribution is 2.38. The Labute approximate surface area is 140 Å². The lowest BCUT2D eigenvalue weighted by molar-refractivity contribution is 0.0235. The van der Waals surface area contributed by atoms with Crippen LogP contribution in [0.25, 0.3) is 0 Å². The summed E-state index contributed by atoms with van der Waals surface area (Å²) in [5, 5.41) is 19.8. The molecule has 1 aliphatic rings. The van der Waals surface area contributed by atoms with Crippen LogP contribution in [0.2, 0.25) is 0 Å². The molecule has 1 aliphatic carbocycles. The first-order chi connectivity index (χ1) is 11.6. The van der Waals surface area contributed by atoms with E-state index in [1.807, 2.05) is 20.2 Å². The van der Waals surface area contributed by atoms with Crippen LogP contribution < -0.4 is 10.6 Å². The van der Waals surface area contributed by atoms with E-state index in [1.165, 1.54) is 12.4 Å². The van der Waals surface area contributed by atoms with E-state index < -0.39 is 0 Å². The van der Waals surface area contributed by atoms with Crippen molar-refractivity contribution in [3.8, 4) is 0 Å². The van der Waals surface area contributed by atoms with Crippen molar-refractivity contribution in [1.29, 1.82) is 0 Å². The van der Waals surface area contributed by atoms with E-state index in [0.717, 1.165) is 12.1 Å². The van der Waals surface area contributed by atoms with E-state index >= 15 is 0 Å². The lowest BCUT2D eigenvalue weighted by Crippen LogP contribution is -2.41. The van der Waals surface area contributed by atoms with Crippen molar-refractivity contribution in [2.75, 3.05) is 11.9 Å². The standard InChI is InChI=1S/C16H22N6O2/c1-3-17-16-18-6-11(7-19-16)15(24)21-14(10-4-13(23)5-10)12-8-20-22(2)9-12/h6-10,13-14,23H,3-5H2,1-2H3,(H,21,24)(H,17,18,19)/t10?,13?,14-/m1/s1. The maximum atomic E-state index is 12.5. The number of hydrogen-bond donors (Lipinski definition) is 3. The summed E-state index contributed by atoms with van der Waals surface area (Å²) in [6, 6.07) is -0.178. The Hall–Kier alpha value is -2.48. The van der Waals surface area contributed by atoms with Gasteiger partial charge in [0.25, 0.3) is 5.91 Å². The van der Waals surface area contributed by atoms with Crippen molar-refractivity contribution >= 4 is 11.9 Å². The van der Waals surface area contributed by atoms with Gasteiger partial charge in [-0.1, -0.05) is 0 Å². The molecule has 1 amide bonds. The molecule has 2 aromatic heterocycles. The average molecular weight is 330 g/mol. The molecule has 3 N–H and O–H groups in total. The molecule has 0 unspecified atom stereocenters. The number of carbonyl (C=O) groups excluding carboxylic acids is 1. The zero-order chi connectivity index (χ0) is 17.1. The van der Waals surface area contributed by atoms with Crippen LogP contribution in [0, 0.1) is 5.92 Å². The summed E-state index contributed by atoms with van der Waals surface area (Å²) in [6.45, 7) is 2.67. The summed E-state index contributed by atoms with van der Waals surface area (Å²) in [5.41, 5.74) is 1.35. The monoisotopic (exact) mass is 330 g/mol. The van der Waals surface area contributed by atoms with E-state index in [9.17, 15) is 9.90 Å². The Bertz CT molecular complexity index is 693. The number of nitrogens with zero attached hydrogens (tertiary/aromatic N) is 4. The zero-order valence-corrected chi connectivity index (χ0v) is 13.8. The number of rotatable bonds is 6. The second-order valence-electron chi connectivity index (χ2n) is 6.11.